The van der Waals surface area contributed by atoms with Gasteiger partial charge < -0.3 is 5.32 Å². The molecule has 1 N–H and O–H groups in total. The molecule has 0 saturated heterocycles. The summed E-state index contributed by atoms with van der Waals surface area (Å²) in [7, 11) is 0. The van der Waals surface area contributed by atoms with E-state index >= 15 is 0 Å². The van der Waals surface area contributed by atoms with Crippen LogP contribution in [0.5, 0.6) is 0 Å². The van der Waals surface area contributed by atoms with Crippen LogP contribution < -0.4 is 5.32 Å². The molecule has 0 spiro atoms. The highest BCUT2D eigenvalue weighted by atomic mass is 79.9. The van der Waals surface area contributed by atoms with Crippen LogP contribution in [0.25, 0.3) is 0 Å². The molecule has 1 aliphatic carbocycles. The molecule has 0 aliphatic heterocycles. The van der Waals surface area contributed by atoms with E-state index in [1.807, 2.05) is 0 Å². The van der Waals surface area contributed by atoms with E-state index < -0.39 is 0 Å². The average Bonchev–Trinajstić information content (AvgIpc) is 2.30. The van der Waals surface area contributed by atoms with Crippen molar-refractivity contribution in [2.24, 2.45) is 0 Å². The number of benzene rings is 1. The van der Waals surface area contributed by atoms with Crippen molar-refractivity contribution < 1.29 is 0 Å². The molecule has 0 saturated carbocycles. The van der Waals surface area contributed by atoms with Crippen molar-refractivity contribution in [3.8, 4) is 0 Å². The third kappa shape index (κ3) is 2.82. The molecule has 1 unspecified atom stereocenters. The van der Waals surface area contributed by atoms with Gasteiger partial charge in [0.1, 0.15) is 0 Å². The maximum absolute atomic E-state index is 3.50. The van der Waals surface area contributed by atoms with Gasteiger partial charge in [-0.05, 0) is 36.3 Å². The topological polar surface area (TPSA) is 12.0 Å². The monoisotopic (exact) mass is 267 g/mol. The quantitative estimate of drug-likeness (QED) is 0.653. The molecular weight excluding hydrogens is 250 g/mol. The minimum atomic E-state index is 0.731. The van der Waals surface area contributed by atoms with Crippen molar-refractivity contribution in [2.45, 2.75) is 25.2 Å². The van der Waals surface area contributed by atoms with E-state index in [9.17, 15) is 0 Å². The predicted octanol–water partition coefficient (Wildman–Crippen LogP) is 3.09. The van der Waals surface area contributed by atoms with Gasteiger partial charge >= 0.3 is 0 Å². The van der Waals surface area contributed by atoms with Gasteiger partial charge in [-0.2, -0.15) is 0 Å². The first kappa shape index (κ1) is 11.2. The van der Waals surface area contributed by atoms with Crippen molar-refractivity contribution in [3.05, 3.63) is 35.4 Å². The number of aryl methyl sites for hydroxylation is 1. The maximum Gasteiger partial charge on any atom is 0.0157 e. The highest BCUT2D eigenvalue weighted by Gasteiger charge is 2.18. The molecule has 0 bridgehead atoms. The summed E-state index contributed by atoms with van der Waals surface area (Å²) in [4.78, 5) is 0. The van der Waals surface area contributed by atoms with E-state index in [0.717, 1.165) is 24.3 Å². The summed E-state index contributed by atoms with van der Waals surface area (Å²) >= 11 is 3.44. The molecule has 2 rings (SSSR count). The summed E-state index contributed by atoms with van der Waals surface area (Å²) in [5.41, 5.74) is 3.14. The molecule has 0 radical (unpaired) electrons. The van der Waals surface area contributed by atoms with Crippen LogP contribution in [0.1, 0.15) is 29.9 Å². The number of hydrogen-bond acceptors (Lipinski definition) is 1. The smallest absolute Gasteiger partial charge is 0.0157 e. The number of rotatable bonds is 4. The average molecular weight is 268 g/mol. The first-order valence-corrected chi connectivity index (χ1v) is 6.88. The largest absolute Gasteiger partial charge is 0.315 e. The Hall–Kier alpha value is -0.340. The molecule has 15 heavy (non-hydrogen) atoms. The molecule has 0 fully saturated rings. The number of hydrogen-bond donors (Lipinski definition) is 1. The van der Waals surface area contributed by atoms with Crippen molar-refractivity contribution in [2.75, 3.05) is 18.4 Å². The molecule has 1 nitrogen and oxygen atoms in total. The van der Waals surface area contributed by atoms with Crippen LogP contribution in [-0.4, -0.2) is 18.4 Å². The Morgan fingerprint density at radius 3 is 3.07 bits per heavy atom. The van der Waals surface area contributed by atoms with E-state index in [0.29, 0.717) is 0 Å². The van der Waals surface area contributed by atoms with Gasteiger partial charge in [-0.15, -0.1) is 0 Å². The molecule has 1 aromatic carbocycles. The lowest BCUT2D eigenvalue weighted by Crippen LogP contribution is -2.25. The van der Waals surface area contributed by atoms with E-state index in [4.69, 9.17) is 0 Å². The summed E-state index contributed by atoms with van der Waals surface area (Å²) in [6.45, 7) is 2.20. The van der Waals surface area contributed by atoms with Crippen LogP contribution in [0.2, 0.25) is 0 Å². The Morgan fingerprint density at radius 2 is 2.20 bits per heavy atom. The second-order valence-corrected chi connectivity index (χ2v) is 4.97. The van der Waals surface area contributed by atoms with Gasteiger partial charge in [0.05, 0.1) is 0 Å². The first-order valence-electron chi connectivity index (χ1n) is 5.76. The Balaban J connectivity index is 2.02. The van der Waals surface area contributed by atoms with Crippen molar-refractivity contribution >= 4 is 15.9 Å². The second kappa shape index (κ2) is 5.66. The van der Waals surface area contributed by atoms with Gasteiger partial charge in [0, 0.05) is 18.4 Å². The number of halogens is 1. The Morgan fingerprint density at radius 1 is 1.33 bits per heavy atom. The third-order valence-electron chi connectivity index (χ3n) is 3.16. The van der Waals surface area contributed by atoms with Crippen molar-refractivity contribution in [1.82, 2.24) is 5.32 Å². The number of nitrogens with one attached hydrogen (secondary N) is 1. The summed E-state index contributed by atoms with van der Waals surface area (Å²) in [5, 5.41) is 4.54. The van der Waals surface area contributed by atoms with Crippen LogP contribution in [0.15, 0.2) is 24.3 Å². The van der Waals surface area contributed by atoms with Crippen LogP contribution >= 0.6 is 15.9 Å². The lowest BCUT2D eigenvalue weighted by Gasteiger charge is -2.25. The van der Waals surface area contributed by atoms with Crippen LogP contribution in [0.4, 0.5) is 0 Å². The maximum atomic E-state index is 3.50. The summed E-state index contributed by atoms with van der Waals surface area (Å²) in [6.07, 6.45) is 3.95. The minimum absolute atomic E-state index is 0.731. The molecule has 1 atom stereocenters. The first-order chi connectivity index (χ1) is 7.42. The second-order valence-electron chi connectivity index (χ2n) is 4.18. The summed E-state index contributed by atoms with van der Waals surface area (Å²) < 4.78 is 0. The zero-order chi connectivity index (χ0) is 10.5. The fourth-order valence-corrected chi connectivity index (χ4v) is 2.69. The lowest BCUT2D eigenvalue weighted by molar-refractivity contribution is 0.516. The Labute approximate surface area is 100 Å². The Kier molecular flexibility index (Phi) is 4.21. The lowest BCUT2D eigenvalue weighted by atomic mass is 9.83. The van der Waals surface area contributed by atoms with E-state index in [1.165, 1.54) is 19.3 Å². The van der Waals surface area contributed by atoms with Gasteiger partial charge in [-0.25, -0.2) is 0 Å². The molecule has 1 aliphatic rings. The van der Waals surface area contributed by atoms with Gasteiger partial charge in [-0.1, -0.05) is 40.2 Å². The van der Waals surface area contributed by atoms with E-state index in [-0.39, 0.29) is 0 Å². The van der Waals surface area contributed by atoms with E-state index in [2.05, 4.69) is 45.5 Å². The predicted molar refractivity (Wildman–Crippen MR) is 68.8 cm³/mol. The fraction of sp³-hybridized carbons (Fsp3) is 0.538. The zero-order valence-corrected chi connectivity index (χ0v) is 10.6. The van der Waals surface area contributed by atoms with Gasteiger partial charge in [0.15, 0.2) is 0 Å². The SMILES string of the molecule is BrCCNCC1CCCc2ccccc21. The molecule has 2 heteroatoms. The van der Waals surface area contributed by atoms with Crippen LogP contribution in [-0.2, 0) is 6.42 Å². The van der Waals surface area contributed by atoms with Crippen molar-refractivity contribution in [1.29, 1.82) is 0 Å². The molecule has 82 valence electrons. The minimum Gasteiger partial charge on any atom is -0.315 e. The highest BCUT2D eigenvalue weighted by Crippen LogP contribution is 2.30. The van der Waals surface area contributed by atoms with Crippen LogP contribution in [0.3, 0.4) is 0 Å². The summed E-state index contributed by atoms with van der Waals surface area (Å²) in [6, 6.07) is 8.91. The molecule has 1 aromatic rings. The fourth-order valence-electron chi connectivity index (χ4n) is 2.41. The Bertz CT molecular complexity index is 311. The van der Waals surface area contributed by atoms with E-state index in [1.54, 1.807) is 11.1 Å². The zero-order valence-electron chi connectivity index (χ0n) is 9.01. The van der Waals surface area contributed by atoms with Gasteiger partial charge in [0.2, 0.25) is 0 Å². The van der Waals surface area contributed by atoms with Gasteiger partial charge in [0.25, 0.3) is 0 Å². The van der Waals surface area contributed by atoms with Crippen LogP contribution in [0, 0.1) is 0 Å². The normalized spacial score (nSPS) is 19.9. The molecule has 0 amide bonds. The number of fused-ring (bicyclic) bond motifs is 1. The number of alkyl halides is 1. The highest BCUT2D eigenvalue weighted by molar-refractivity contribution is 9.09. The van der Waals surface area contributed by atoms with Gasteiger partial charge in [-0.3, -0.25) is 0 Å². The third-order valence-corrected chi connectivity index (χ3v) is 3.55. The summed E-state index contributed by atoms with van der Waals surface area (Å²) in [5.74, 6) is 0.731. The van der Waals surface area contributed by atoms with Crippen molar-refractivity contribution in [3.63, 3.8) is 0 Å². The molecular formula is C13H18BrN. The molecule has 0 heterocycles. The standard InChI is InChI=1S/C13H18BrN/c14-8-9-15-10-12-6-3-5-11-4-1-2-7-13(11)12/h1-2,4,7,12,15H,3,5-6,8-10H2. The molecule has 0 aromatic heterocycles.